The molecule has 0 saturated heterocycles. The third-order valence-corrected chi connectivity index (χ3v) is 7.11. The van der Waals surface area contributed by atoms with E-state index in [4.69, 9.17) is 0 Å². The number of fused-ring (bicyclic) bond motifs is 2. The number of halogens is 2. The summed E-state index contributed by atoms with van der Waals surface area (Å²) < 4.78 is 27.8. The predicted octanol–water partition coefficient (Wildman–Crippen LogP) is 6.21. The van der Waals surface area contributed by atoms with Crippen molar-refractivity contribution in [3.8, 4) is 0 Å². The highest BCUT2D eigenvalue weighted by Gasteiger charge is 2.50. The molecule has 3 rings (SSSR count). The Labute approximate surface area is 166 Å². The lowest BCUT2D eigenvalue weighted by Crippen LogP contribution is -2.42. The molecule has 27 heavy (non-hydrogen) atoms. The molecule has 0 bridgehead atoms. The first-order chi connectivity index (χ1) is 13.0. The van der Waals surface area contributed by atoms with Crippen LogP contribution >= 0.6 is 23.1 Å². The number of thiophene rings is 1. The number of hydrazone groups is 1. The number of carbonyl (C=O) groups excluding carboxylic acids is 1. The Morgan fingerprint density at radius 1 is 1.48 bits per heavy atom. The van der Waals surface area contributed by atoms with Crippen LogP contribution in [0.25, 0.3) is 0 Å². The zero-order valence-corrected chi connectivity index (χ0v) is 17.0. The summed E-state index contributed by atoms with van der Waals surface area (Å²) in [5, 5.41) is 8.28. The largest absolute Gasteiger partial charge is 0.273 e. The Morgan fingerprint density at radius 2 is 2.30 bits per heavy atom. The number of carbonyl (C=O) groups is 1. The van der Waals surface area contributed by atoms with Crippen LogP contribution in [0.1, 0.15) is 50.0 Å². The quantitative estimate of drug-likeness (QED) is 0.429. The molecule has 1 atom stereocenters. The standard InChI is InChI=1S/C20H22F2N2OS2/c1-3-4-5-7-17(22)15(9-12-21)19-23-24(14(2)25)20(27-19)11-6-8-18-16(20)10-13-26-18/h3-4,9-10,12-13H,5-8,11H2,1-2H3/b4-3-,12-9+,17-15-. The van der Waals surface area contributed by atoms with E-state index < -0.39 is 10.7 Å². The smallest absolute Gasteiger partial charge is 0.241 e. The summed E-state index contributed by atoms with van der Waals surface area (Å²) in [5.74, 6) is -0.621. The minimum atomic E-state index is -0.659. The molecule has 0 saturated carbocycles. The molecule has 144 valence electrons. The molecule has 1 amide bonds. The van der Waals surface area contributed by atoms with Gasteiger partial charge in [-0.1, -0.05) is 23.9 Å². The zero-order chi connectivity index (χ0) is 19.4. The molecule has 1 unspecified atom stereocenters. The highest BCUT2D eigenvalue weighted by molar-refractivity contribution is 8.15. The summed E-state index contributed by atoms with van der Waals surface area (Å²) >= 11 is 3.03. The summed E-state index contributed by atoms with van der Waals surface area (Å²) in [4.78, 5) is 12.9. The normalized spacial score (nSPS) is 23.3. The van der Waals surface area contributed by atoms with Gasteiger partial charge in [0.25, 0.3) is 0 Å². The van der Waals surface area contributed by atoms with Gasteiger partial charge < -0.3 is 0 Å². The van der Waals surface area contributed by atoms with E-state index >= 15 is 0 Å². The Bertz CT molecular complexity index is 841. The minimum Gasteiger partial charge on any atom is -0.273 e. The number of nitrogens with zero attached hydrogens (tertiary/aromatic N) is 2. The summed E-state index contributed by atoms with van der Waals surface area (Å²) in [5.41, 5.74) is 1.19. The van der Waals surface area contributed by atoms with Crippen molar-refractivity contribution >= 4 is 34.0 Å². The van der Waals surface area contributed by atoms with E-state index in [0.717, 1.165) is 30.9 Å². The van der Waals surface area contributed by atoms with E-state index in [9.17, 15) is 13.6 Å². The third kappa shape index (κ3) is 3.80. The van der Waals surface area contributed by atoms with E-state index in [0.29, 0.717) is 17.8 Å². The van der Waals surface area contributed by atoms with Gasteiger partial charge >= 0.3 is 0 Å². The van der Waals surface area contributed by atoms with E-state index in [1.807, 2.05) is 30.5 Å². The van der Waals surface area contributed by atoms with E-state index in [2.05, 4.69) is 5.10 Å². The van der Waals surface area contributed by atoms with Gasteiger partial charge in [0.15, 0.2) is 0 Å². The molecule has 0 N–H and O–H groups in total. The molecule has 0 fully saturated rings. The Kier molecular flexibility index (Phi) is 6.32. The lowest BCUT2D eigenvalue weighted by Gasteiger charge is -2.38. The molecule has 1 aromatic heterocycles. The van der Waals surface area contributed by atoms with Crippen LogP contribution in [-0.2, 0) is 16.1 Å². The fourth-order valence-electron chi connectivity index (χ4n) is 3.51. The number of rotatable bonds is 5. The van der Waals surface area contributed by atoms with Gasteiger partial charge in [-0.25, -0.2) is 13.8 Å². The minimum absolute atomic E-state index is 0.123. The van der Waals surface area contributed by atoms with Crippen LogP contribution in [0.2, 0.25) is 0 Å². The van der Waals surface area contributed by atoms with E-state index in [-0.39, 0.29) is 17.9 Å². The molecular formula is C20H22F2N2OS2. The highest BCUT2D eigenvalue weighted by atomic mass is 32.2. The van der Waals surface area contributed by atoms with Crippen molar-refractivity contribution in [2.75, 3.05) is 0 Å². The third-order valence-electron chi connectivity index (χ3n) is 4.70. The topological polar surface area (TPSA) is 32.7 Å². The van der Waals surface area contributed by atoms with Crippen molar-refractivity contribution in [2.45, 2.75) is 50.8 Å². The van der Waals surface area contributed by atoms with Crippen LogP contribution in [0.15, 0.2) is 52.5 Å². The predicted molar refractivity (Wildman–Crippen MR) is 109 cm³/mol. The van der Waals surface area contributed by atoms with Crippen molar-refractivity contribution < 1.29 is 13.6 Å². The van der Waals surface area contributed by atoms with Crippen molar-refractivity contribution in [1.82, 2.24) is 5.01 Å². The lowest BCUT2D eigenvalue weighted by atomic mass is 9.92. The van der Waals surface area contributed by atoms with Gasteiger partial charge in [-0.15, -0.1) is 11.3 Å². The number of hydrogen-bond acceptors (Lipinski definition) is 4. The van der Waals surface area contributed by atoms with E-state index in [1.54, 1.807) is 11.3 Å². The second-order valence-corrected chi connectivity index (χ2v) is 8.72. The molecule has 1 aliphatic carbocycles. The van der Waals surface area contributed by atoms with Gasteiger partial charge in [-0.3, -0.25) is 4.79 Å². The fourth-order valence-corrected chi connectivity index (χ4v) is 6.11. The maximum Gasteiger partial charge on any atom is 0.241 e. The lowest BCUT2D eigenvalue weighted by molar-refractivity contribution is -0.132. The highest BCUT2D eigenvalue weighted by Crippen LogP contribution is 2.55. The Hall–Kier alpha value is -1.73. The van der Waals surface area contributed by atoms with Gasteiger partial charge in [0.05, 0.1) is 6.33 Å². The first kappa shape index (κ1) is 20.0. The summed E-state index contributed by atoms with van der Waals surface area (Å²) in [6, 6.07) is 2.03. The summed E-state index contributed by atoms with van der Waals surface area (Å²) in [6.07, 6.45) is 8.48. The van der Waals surface area contributed by atoms with Crippen LogP contribution in [0.3, 0.4) is 0 Å². The molecule has 0 radical (unpaired) electrons. The second kappa shape index (κ2) is 8.52. The zero-order valence-electron chi connectivity index (χ0n) is 15.4. The molecule has 2 heterocycles. The van der Waals surface area contributed by atoms with Crippen molar-refractivity contribution in [3.63, 3.8) is 0 Å². The molecule has 7 heteroatoms. The first-order valence-electron chi connectivity index (χ1n) is 8.95. The molecule has 3 nitrogen and oxygen atoms in total. The summed E-state index contributed by atoms with van der Waals surface area (Å²) in [6.45, 7) is 3.34. The maximum absolute atomic E-state index is 14.8. The van der Waals surface area contributed by atoms with Crippen molar-refractivity contribution in [3.05, 3.63) is 57.8 Å². The van der Waals surface area contributed by atoms with Gasteiger partial charge in [-0.05, 0) is 50.1 Å². The van der Waals surface area contributed by atoms with Gasteiger partial charge in [0, 0.05) is 29.4 Å². The van der Waals surface area contributed by atoms with Crippen LogP contribution in [-0.4, -0.2) is 16.0 Å². The van der Waals surface area contributed by atoms with Crippen LogP contribution in [0.5, 0.6) is 0 Å². The Balaban J connectivity index is 2.01. The summed E-state index contributed by atoms with van der Waals surface area (Å²) in [7, 11) is 0. The molecule has 1 aromatic rings. The van der Waals surface area contributed by atoms with Crippen molar-refractivity contribution in [1.29, 1.82) is 0 Å². The SMILES string of the molecule is C/C=C\CC/C(F)=C(\C=C\F)C1=NN(C(C)=O)C2(CCCc3sccc32)S1. The Morgan fingerprint density at radius 3 is 3.00 bits per heavy atom. The molecule has 0 aromatic carbocycles. The maximum atomic E-state index is 14.8. The number of aryl methyl sites for hydroxylation is 1. The van der Waals surface area contributed by atoms with Crippen LogP contribution in [0.4, 0.5) is 8.78 Å². The number of thioether (sulfide) groups is 1. The average molecular weight is 409 g/mol. The van der Waals surface area contributed by atoms with Crippen LogP contribution < -0.4 is 0 Å². The second-order valence-electron chi connectivity index (χ2n) is 6.45. The van der Waals surface area contributed by atoms with Crippen LogP contribution in [0, 0.1) is 0 Å². The first-order valence-corrected chi connectivity index (χ1v) is 10.6. The number of hydrogen-bond donors (Lipinski definition) is 0. The average Bonchev–Trinajstić information content (AvgIpc) is 3.26. The fraction of sp³-hybridized carbons (Fsp3) is 0.400. The van der Waals surface area contributed by atoms with E-state index in [1.165, 1.54) is 28.6 Å². The van der Waals surface area contributed by atoms with Crippen molar-refractivity contribution in [2.24, 2.45) is 5.10 Å². The van der Waals surface area contributed by atoms with Gasteiger partial charge in [0.2, 0.25) is 5.91 Å². The van der Waals surface area contributed by atoms with Gasteiger partial charge in [-0.2, -0.15) is 5.10 Å². The number of amides is 1. The number of allylic oxidation sites excluding steroid dienone is 4. The molecular weight excluding hydrogens is 386 g/mol. The molecule has 2 aliphatic rings. The molecule has 1 aliphatic heterocycles. The van der Waals surface area contributed by atoms with Gasteiger partial charge in [0.1, 0.15) is 15.7 Å². The molecule has 1 spiro atoms. The monoisotopic (exact) mass is 408 g/mol.